The quantitative estimate of drug-likeness (QED) is 0.0829. The summed E-state index contributed by atoms with van der Waals surface area (Å²) < 4.78 is 78.5. The lowest BCUT2D eigenvalue weighted by molar-refractivity contribution is -0.678. The van der Waals surface area contributed by atoms with Crippen LogP contribution >= 0.6 is 0 Å². The van der Waals surface area contributed by atoms with Crippen LogP contribution in [-0.2, 0) is 26.8 Å². The van der Waals surface area contributed by atoms with Gasteiger partial charge in [-0.15, -0.1) is 0 Å². The number of nitrogens with zero attached hydrogens (tertiary/aromatic N) is 2. The molecule has 1 aliphatic rings. The maximum absolute atomic E-state index is 11.4. The number of oxazole rings is 1. The summed E-state index contributed by atoms with van der Waals surface area (Å²) in [5, 5.41) is 0. The van der Waals surface area contributed by atoms with E-state index in [1.165, 1.54) is 0 Å². The molecule has 4 aromatic rings. The molecule has 0 aliphatic carbocycles. The fraction of sp³-hybridized carbons (Fsp3) is 0.343. The van der Waals surface area contributed by atoms with Crippen molar-refractivity contribution < 1.29 is 39.7 Å². The predicted molar refractivity (Wildman–Crippen MR) is 183 cm³/mol. The molecule has 3 aromatic carbocycles. The number of hydrogen-bond acceptors (Lipinski definition) is 7. The van der Waals surface area contributed by atoms with Gasteiger partial charge < -0.3 is 14.1 Å². The molecule has 250 valence electrons. The van der Waals surface area contributed by atoms with Gasteiger partial charge in [-0.05, 0) is 85.6 Å². The van der Waals surface area contributed by atoms with Crippen LogP contribution < -0.4 is 14.2 Å². The minimum Gasteiger partial charge on any atom is -0.439 e. The van der Waals surface area contributed by atoms with Gasteiger partial charge in [0, 0.05) is 25.1 Å². The number of ether oxygens (including phenoxy) is 1. The number of rotatable bonds is 14. The Hall–Kier alpha value is -3.97. The zero-order valence-corrected chi connectivity index (χ0v) is 28.5. The van der Waals surface area contributed by atoms with Crippen molar-refractivity contribution in [2.24, 2.45) is 0 Å². The second-order valence-corrected chi connectivity index (χ2v) is 15.0. The number of fused-ring (bicyclic) bond motifs is 2. The highest BCUT2D eigenvalue weighted by Crippen LogP contribution is 2.42. The Labute approximate surface area is 276 Å². The van der Waals surface area contributed by atoms with Gasteiger partial charge >= 0.3 is 5.89 Å². The van der Waals surface area contributed by atoms with Crippen LogP contribution in [-0.4, -0.2) is 44.0 Å². The molecule has 47 heavy (non-hydrogen) atoms. The minimum absolute atomic E-state index is 0.294. The van der Waals surface area contributed by atoms with Crippen LogP contribution in [0.3, 0.4) is 0 Å². The molecule has 0 fully saturated rings. The normalized spacial score (nSPS) is 14.6. The predicted octanol–water partition coefficient (Wildman–Crippen LogP) is 6.87. The van der Waals surface area contributed by atoms with E-state index in [9.17, 15) is 25.9 Å². The van der Waals surface area contributed by atoms with Crippen LogP contribution in [0.4, 0.5) is 5.69 Å². The number of hydrogen-bond donors (Lipinski definition) is 2. The van der Waals surface area contributed by atoms with Gasteiger partial charge in [0.25, 0.3) is 25.8 Å². The SMILES string of the molecule is CCC(=Cc1oc2cc(C)c(C)cc2[n+]1CCCCS(=O)(=O)O)C=C1Oc2ccc(-c3ccccc3)cc2N1CCCCS(=O)(=O)O. The highest BCUT2D eigenvalue weighted by atomic mass is 32.2. The van der Waals surface area contributed by atoms with Crippen LogP contribution in [0, 0.1) is 13.8 Å². The monoisotopic (exact) mass is 681 g/mol. The number of unbranched alkanes of at least 4 members (excludes halogenated alkanes) is 2. The number of benzene rings is 3. The third-order valence-electron chi connectivity index (χ3n) is 8.28. The Bertz CT molecular complexity index is 2030. The van der Waals surface area contributed by atoms with Crippen molar-refractivity contribution in [3.05, 3.63) is 95.2 Å². The Morgan fingerprint density at radius 3 is 2.21 bits per heavy atom. The van der Waals surface area contributed by atoms with E-state index in [0.29, 0.717) is 62.7 Å². The van der Waals surface area contributed by atoms with Crippen LogP contribution in [0.25, 0.3) is 28.3 Å². The summed E-state index contributed by atoms with van der Waals surface area (Å²) >= 11 is 0. The molecule has 0 atom stereocenters. The number of aryl methyl sites for hydroxylation is 3. The fourth-order valence-electron chi connectivity index (χ4n) is 5.61. The Kier molecular flexibility index (Phi) is 10.5. The van der Waals surface area contributed by atoms with Gasteiger partial charge in [0.15, 0.2) is 12.3 Å². The topological polar surface area (TPSA) is 138 Å². The van der Waals surface area contributed by atoms with E-state index in [2.05, 4.69) is 12.1 Å². The first-order chi connectivity index (χ1) is 22.3. The van der Waals surface area contributed by atoms with Gasteiger partial charge in [-0.2, -0.15) is 21.4 Å². The van der Waals surface area contributed by atoms with Crippen LogP contribution in [0.2, 0.25) is 0 Å². The zero-order valence-electron chi connectivity index (χ0n) is 26.8. The van der Waals surface area contributed by atoms with Crippen molar-refractivity contribution in [3.63, 3.8) is 0 Å². The third kappa shape index (κ3) is 8.89. The molecular weight excluding hydrogens is 641 g/mol. The first-order valence-electron chi connectivity index (χ1n) is 15.7. The average molecular weight is 682 g/mol. The molecule has 0 saturated carbocycles. The van der Waals surface area contributed by atoms with Gasteiger partial charge in [0.2, 0.25) is 11.5 Å². The molecule has 0 bridgehead atoms. The Balaban J connectivity index is 1.50. The number of anilines is 1. The number of aromatic nitrogens is 1. The second kappa shape index (κ2) is 14.4. The van der Waals surface area contributed by atoms with E-state index in [-0.39, 0.29) is 11.5 Å². The maximum atomic E-state index is 11.4. The summed E-state index contributed by atoms with van der Waals surface area (Å²) in [6.45, 7) is 7.05. The van der Waals surface area contributed by atoms with Crippen molar-refractivity contribution >= 4 is 43.1 Å². The molecule has 0 saturated heterocycles. The molecule has 12 heteroatoms. The largest absolute Gasteiger partial charge is 0.439 e. The molecule has 10 nitrogen and oxygen atoms in total. The molecule has 2 heterocycles. The Morgan fingerprint density at radius 1 is 0.851 bits per heavy atom. The van der Waals surface area contributed by atoms with E-state index in [4.69, 9.17) is 9.15 Å². The van der Waals surface area contributed by atoms with Crippen molar-refractivity contribution in [3.8, 4) is 16.9 Å². The Morgan fingerprint density at radius 2 is 1.53 bits per heavy atom. The van der Waals surface area contributed by atoms with Crippen molar-refractivity contribution in [1.82, 2.24) is 0 Å². The molecule has 0 spiro atoms. The summed E-state index contributed by atoms with van der Waals surface area (Å²) in [6.07, 6.45) is 6.19. The van der Waals surface area contributed by atoms with Crippen molar-refractivity contribution in [2.75, 3.05) is 23.0 Å². The van der Waals surface area contributed by atoms with Crippen LogP contribution in [0.1, 0.15) is 56.0 Å². The highest BCUT2D eigenvalue weighted by molar-refractivity contribution is 7.86. The molecular formula is C35H41N2O8S2+. The summed E-state index contributed by atoms with van der Waals surface area (Å²) in [5.41, 5.74) is 7.67. The van der Waals surface area contributed by atoms with Gasteiger partial charge in [-0.1, -0.05) is 43.3 Å². The van der Waals surface area contributed by atoms with E-state index < -0.39 is 20.2 Å². The molecule has 0 radical (unpaired) electrons. The van der Waals surface area contributed by atoms with E-state index in [0.717, 1.165) is 44.6 Å². The lowest BCUT2D eigenvalue weighted by Crippen LogP contribution is -2.35. The molecule has 2 N–H and O–H groups in total. The second-order valence-electron chi connectivity index (χ2n) is 11.8. The molecule has 0 amide bonds. The zero-order chi connectivity index (χ0) is 33.8. The summed E-state index contributed by atoms with van der Waals surface area (Å²) in [4.78, 5) is 2.03. The highest BCUT2D eigenvalue weighted by Gasteiger charge is 2.28. The summed E-state index contributed by atoms with van der Waals surface area (Å²) in [7, 11) is -8.10. The van der Waals surface area contributed by atoms with Gasteiger partial charge in [0.1, 0.15) is 0 Å². The third-order valence-corrected chi connectivity index (χ3v) is 9.89. The van der Waals surface area contributed by atoms with Gasteiger partial charge in [-0.25, -0.2) is 0 Å². The van der Waals surface area contributed by atoms with Crippen LogP contribution in [0.5, 0.6) is 5.75 Å². The fourth-order valence-corrected chi connectivity index (χ4v) is 6.75. The maximum Gasteiger partial charge on any atom is 0.374 e. The van der Waals surface area contributed by atoms with E-state index >= 15 is 0 Å². The minimum atomic E-state index is -4.06. The number of allylic oxidation sites excluding steroid dienone is 2. The van der Waals surface area contributed by atoms with E-state index in [1.54, 1.807) is 0 Å². The molecule has 1 aromatic heterocycles. The smallest absolute Gasteiger partial charge is 0.374 e. The lowest BCUT2D eigenvalue weighted by Gasteiger charge is -2.19. The van der Waals surface area contributed by atoms with Gasteiger partial charge in [-0.3, -0.25) is 9.11 Å². The van der Waals surface area contributed by atoms with Crippen molar-refractivity contribution in [1.29, 1.82) is 0 Å². The first kappa shape index (κ1) is 34.4. The standard InChI is InChI=1S/C35H40N2O8S2/c1-4-27(23-35-36(16-8-10-18-46(38,39)40)30-20-25(2)26(3)21-33(30)45-35)22-34-37(17-9-11-19-47(41,42)43)31-24-29(14-15-32(31)44-34)28-12-6-5-7-13-28/h5-7,12-15,20-24H,4,8-11,16-19H2,1-3H3,(H-,38,39,40,41,42,43)/p+1. The van der Waals surface area contributed by atoms with E-state index in [1.807, 2.05) is 90.9 Å². The molecule has 1 aliphatic heterocycles. The molecule has 5 rings (SSSR count). The average Bonchev–Trinajstić information content (AvgIpc) is 3.52. The van der Waals surface area contributed by atoms with Crippen molar-refractivity contribution in [2.45, 2.75) is 59.4 Å². The lowest BCUT2D eigenvalue weighted by atomic mass is 10.0. The van der Waals surface area contributed by atoms with Crippen LogP contribution in [0.15, 0.2) is 82.6 Å². The summed E-state index contributed by atoms with van der Waals surface area (Å²) in [5.74, 6) is 1.26. The molecule has 0 unspecified atom stereocenters. The summed E-state index contributed by atoms with van der Waals surface area (Å²) in [6, 6.07) is 20.1. The first-order valence-corrected chi connectivity index (χ1v) is 18.9. The van der Waals surface area contributed by atoms with Gasteiger partial charge in [0.05, 0.1) is 23.3 Å².